The van der Waals surface area contributed by atoms with E-state index in [1.165, 1.54) is 12.1 Å². The van der Waals surface area contributed by atoms with E-state index in [9.17, 15) is 5.11 Å². The molecule has 90 valence electrons. The summed E-state index contributed by atoms with van der Waals surface area (Å²) < 4.78 is 6.91. The lowest BCUT2D eigenvalue weighted by atomic mass is 9.95. The highest BCUT2D eigenvalue weighted by Crippen LogP contribution is 2.32. The fraction of sp³-hybridized carbons (Fsp3) is 0.500. The number of hydrogen-bond donors (Lipinski definition) is 1. The Bertz CT molecular complexity index is 516. The van der Waals surface area contributed by atoms with Crippen molar-refractivity contribution in [3.63, 3.8) is 0 Å². The van der Waals surface area contributed by atoms with Crippen molar-refractivity contribution in [3.05, 3.63) is 35.2 Å². The summed E-state index contributed by atoms with van der Waals surface area (Å²) in [5.41, 5.74) is 3.42. The van der Waals surface area contributed by atoms with E-state index in [2.05, 4.69) is 20.8 Å². The van der Waals surface area contributed by atoms with Gasteiger partial charge in [0.2, 0.25) is 6.39 Å². The van der Waals surface area contributed by atoms with Crippen molar-refractivity contribution in [2.45, 2.75) is 38.8 Å². The second-order valence-corrected chi connectivity index (χ2v) is 4.53. The first-order valence-corrected chi connectivity index (χ1v) is 5.88. The largest absolute Gasteiger partial charge is 0.388 e. The first-order chi connectivity index (χ1) is 8.25. The molecule has 3 rings (SSSR count). The molecule has 1 aliphatic rings. The normalized spacial score (nSPS) is 19.3. The van der Waals surface area contributed by atoms with Crippen LogP contribution in [0.15, 0.2) is 17.0 Å². The summed E-state index contributed by atoms with van der Waals surface area (Å²) >= 11 is 0. The van der Waals surface area contributed by atoms with Crippen LogP contribution in [0.1, 0.15) is 41.7 Å². The van der Waals surface area contributed by atoms with Crippen molar-refractivity contribution < 1.29 is 9.63 Å². The van der Waals surface area contributed by atoms with Crippen LogP contribution >= 0.6 is 0 Å². The Kier molecular flexibility index (Phi) is 2.48. The molecule has 0 spiro atoms. The maximum absolute atomic E-state index is 9.96. The van der Waals surface area contributed by atoms with Crippen LogP contribution in [-0.4, -0.2) is 19.8 Å². The van der Waals surface area contributed by atoms with Gasteiger partial charge in [-0.1, -0.05) is 5.16 Å². The van der Waals surface area contributed by atoms with Crippen molar-refractivity contribution in [1.29, 1.82) is 0 Å². The lowest BCUT2D eigenvalue weighted by Gasteiger charge is -2.19. The van der Waals surface area contributed by atoms with Crippen LogP contribution in [0.4, 0.5) is 0 Å². The number of aliphatic hydroxyl groups excluding tert-OH is 1. The summed E-state index contributed by atoms with van der Waals surface area (Å²) in [6, 6.07) is 2.07. The topological polar surface area (TPSA) is 64.1 Å². The lowest BCUT2D eigenvalue weighted by molar-refractivity contribution is 0.155. The van der Waals surface area contributed by atoms with Crippen LogP contribution in [-0.2, 0) is 13.0 Å². The molecule has 1 atom stereocenters. The van der Waals surface area contributed by atoms with Crippen molar-refractivity contribution >= 4 is 0 Å². The average Bonchev–Trinajstić information content (AvgIpc) is 2.91. The van der Waals surface area contributed by atoms with E-state index >= 15 is 0 Å². The van der Waals surface area contributed by atoms with E-state index in [-0.39, 0.29) is 6.10 Å². The molecular weight excluding hydrogens is 218 g/mol. The van der Waals surface area contributed by atoms with Crippen LogP contribution in [0, 0.1) is 6.92 Å². The zero-order chi connectivity index (χ0) is 11.8. The van der Waals surface area contributed by atoms with Crippen molar-refractivity contribution in [2.24, 2.45) is 0 Å². The minimum absolute atomic E-state index is 0.316. The minimum atomic E-state index is -0.316. The van der Waals surface area contributed by atoms with Gasteiger partial charge in [0.1, 0.15) is 0 Å². The van der Waals surface area contributed by atoms with Gasteiger partial charge in [-0.3, -0.25) is 0 Å². The molecule has 0 fully saturated rings. The van der Waals surface area contributed by atoms with E-state index in [1.807, 2.05) is 6.92 Å². The number of hydrogen-bond acceptors (Lipinski definition) is 4. The summed E-state index contributed by atoms with van der Waals surface area (Å²) in [6.45, 7) is 2.66. The molecule has 1 aliphatic carbocycles. The van der Waals surface area contributed by atoms with Gasteiger partial charge in [0.25, 0.3) is 0 Å². The molecule has 2 aromatic rings. The molecule has 1 unspecified atom stereocenters. The average molecular weight is 233 g/mol. The summed E-state index contributed by atoms with van der Waals surface area (Å²) in [6.07, 6.45) is 3.93. The Balaban J connectivity index is 1.99. The van der Waals surface area contributed by atoms with E-state index < -0.39 is 0 Å². The maximum Gasteiger partial charge on any atom is 0.213 e. The highest BCUT2D eigenvalue weighted by atomic mass is 16.5. The number of nitrogens with zero attached hydrogens (tertiary/aromatic N) is 3. The van der Waals surface area contributed by atoms with Crippen molar-refractivity contribution in [3.8, 4) is 0 Å². The van der Waals surface area contributed by atoms with Gasteiger partial charge in [0.05, 0.1) is 12.6 Å². The Morgan fingerprint density at radius 2 is 2.47 bits per heavy atom. The van der Waals surface area contributed by atoms with Crippen molar-refractivity contribution in [2.75, 3.05) is 0 Å². The first-order valence-electron chi connectivity index (χ1n) is 5.88. The lowest BCUT2D eigenvalue weighted by Crippen LogP contribution is -2.13. The zero-order valence-corrected chi connectivity index (χ0v) is 9.76. The Labute approximate surface area is 99.1 Å². The van der Waals surface area contributed by atoms with E-state index in [0.29, 0.717) is 12.4 Å². The predicted molar refractivity (Wildman–Crippen MR) is 60.5 cm³/mol. The molecule has 0 saturated heterocycles. The van der Waals surface area contributed by atoms with E-state index in [1.54, 1.807) is 0 Å². The van der Waals surface area contributed by atoms with Gasteiger partial charge in [-0.25, -0.2) is 0 Å². The van der Waals surface area contributed by atoms with Gasteiger partial charge in [-0.05, 0) is 32.3 Å². The molecule has 17 heavy (non-hydrogen) atoms. The van der Waals surface area contributed by atoms with Gasteiger partial charge in [-0.2, -0.15) is 4.98 Å². The monoisotopic (exact) mass is 233 g/mol. The fourth-order valence-corrected chi connectivity index (χ4v) is 2.56. The molecule has 0 amide bonds. The van der Waals surface area contributed by atoms with Crippen molar-refractivity contribution in [1.82, 2.24) is 14.7 Å². The second-order valence-electron chi connectivity index (χ2n) is 4.53. The summed E-state index contributed by atoms with van der Waals surface area (Å²) in [7, 11) is 0. The minimum Gasteiger partial charge on any atom is -0.388 e. The van der Waals surface area contributed by atoms with Crippen LogP contribution in [0.2, 0.25) is 0 Å². The molecule has 0 aromatic carbocycles. The Hall–Kier alpha value is -1.62. The first kappa shape index (κ1) is 10.5. The maximum atomic E-state index is 9.96. The number of rotatable bonds is 2. The molecule has 0 aliphatic heterocycles. The summed E-state index contributed by atoms with van der Waals surface area (Å²) in [5, 5.41) is 13.8. The third-order valence-corrected chi connectivity index (χ3v) is 3.41. The second kappa shape index (κ2) is 4.00. The van der Waals surface area contributed by atoms with Crippen LogP contribution in [0.5, 0.6) is 0 Å². The summed E-state index contributed by atoms with van der Waals surface area (Å²) in [4.78, 5) is 4.04. The van der Waals surface area contributed by atoms with Gasteiger partial charge in [-0.15, -0.1) is 0 Å². The standard InChI is InChI=1S/C12H15N3O2/c1-8-5-9-10(3-2-4-11(9)16)15(8)6-12-13-7-17-14-12/h5,7,11,16H,2-4,6H2,1H3. The molecule has 5 nitrogen and oxygen atoms in total. The van der Waals surface area contributed by atoms with Gasteiger partial charge in [0, 0.05) is 17.0 Å². The Morgan fingerprint density at radius 3 is 3.24 bits per heavy atom. The molecule has 2 aromatic heterocycles. The zero-order valence-electron chi connectivity index (χ0n) is 9.76. The molecule has 0 radical (unpaired) electrons. The van der Waals surface area contributed by atoms with Gasteiger partial charge < -0.3 is 14.2 Å². The molecule has 0 bridgehead atoms. The molecule has 5 heteroatoms. The van der Waals surface area contributed by atoms with E-state index in [4.69, 9.17) is 4.52 Å². The van der Waals surface area contributed by atoms with Crippen LogP contribution < -0.4 is 0 Å². The van der Waals surface area contributed by atoms with Gasteiger partial charge >= 0.3 is 0 Å². The quantitative estimate of drug-likeness (QED) is 0.855. The molecule has 2 heterocycles. The number of aliphatic hydroxyl groups is 1. The third kappa shape index (κ3) is 1.76. The smallest absolute Gasteiger partial charge is 0.213 e. The Morgan fingerprint density at radius 1 is 1.59 bits per heavy atom. The molecule has 1 N–H and O–H groups in total. The molecule has 0 saturated carbocycles. The predicted octanol–water partition coefficient (Wildman–Crippen LogP) is 1.60. The highest BCUT2D eigenvalue weighted by Gasteiger charge is 2.23. The SMILES string of the molecule is Cc1cc2c(n1Cc1ncon1)CCCC2O. The highest BCUT2D eigenvalue weighted by molar-refractivity contribution is 5.32. The van der Waals surface area contributed by atoms with Gasteiger partial charge in [0.15, 0.2) is 5.82 Å². The number of fused-ring (bicyclic) bond motifs is 1. The van der Waals surface area contributed by atoms with E-state index in [0.717, 1.165) is 30.5 Å². The number of aromatic nitrogens is 3. The van der Waals surface area contributed by atoms with Crippen LogP contribution in [0.25, 0.3) is 0 Å². The number of aryl methyl sites for hydroxylation is 1. The summed E-state index contributed by atoms with van der Waals surface area (Å²) in [5.74, 6) is 0.673. The molecular formula is C12H15N3O2. The third-order valence-electron chi connectivity index (χ3n) is 3.41. The van der Waals surface area contributed by atoms with Crippen LogP contribution in [0.3, 0.4) is 0 Å². The fourth-order valence-electron chi connectivity index (χ4n) is 2.56.